The largest absolute Gasteiger partial charge is 0.361 e. The zero-order valence-corrected chi connectivity index (χ0v) is 10.4. The van der Waals surface area contributed by atoms with Crippen molar-refractivity contribution in [1.29, 1.82) is 0 Å². The molecule has 2 N–H and O–H groups in total. The quantitative estimate of drug-likeness (QED) is 0.784. The van der Waals surface area contributed by atoms with Gasteiger partial charge in [0.25, 0.3) is 5.92 Å². The maximum atomic E-state index is 12.9. The molecule has 7 heteroatoms. The smallest absolute Gasteiger partial charge is 0.282 e. The number of piperazine rings is 1. The Morgan fingerprint density at radius 1 is 1.37 bits per heavy atom. The van der Waals surface area contributed by atoms with Crippen LogP contribution in [0.3, 0.4) is 0 Å². The molecule has 19 heavy (non-hydrogen) atoms. The van der Waals surface area contributed by atoms with Crippen molar-refractivity contribution < 1.29 is 8.78 Å². The van der Waals surface area contributed by atoms with Crippen LogP contribution >= 0.6 is 0 Å². The second kappa shape index (κ2) is 3.69. The summed E-state index contributed by atoms with van der Waals surface area (Å²) in [5.74, 6) is -1.61. The number of halogens is 2. The molecule has 3 aliphatic rings. The molecule has 4 heterocycles. The summed E-state index contributed by atoms with van der Waals surface area (Å²) in [5, 5.41) is 6.71. The first-order valence-electron chi connectivity index (χ1n) is 6.49. The molecule has 5 nitrogen and oxygen atoms in total. The van der Waals surface area contributed by atoms with E-state index >= 15 is 0 Å². The lowest BCUT2D eigenvalue weighted by molar-refractivity contribution is -0.0262. The van der Waals surface area contributed by atoms with Crippen LogP contribution < -0.4 is 20.4 Å². The van der Waals surface area contributed by atoms with E-state index in [1.54, 1.807) is 11.1 Å². The van der Waals surface area contributed by atoms with Crippen LogP contribution in [0, 0.1) is 0 Å². The molecule has 0 spiro atoms. The van der Waals surface area contributed by atoms with Gasteiger partial charge < -0.3 is 20.4 Å². The topological polar surface area (TPSA) is 43.4 Å². The first-order valence-corrected chi connectivity index (χ1v) is 6.49. The highest BCUT2D eigenvalue weighted by molar-refractivity contribution is 5.76. The number of hydrogen-bond donors (Lipinski definition) is 2. The number of pyridine rings is 1. The Morgan fingerprint density at radius 2 is 2.21 bits per heavy atom. The third-order valence-electron chi connectivity index (χ3n) is 3.90. The van der Waals surface area contributed by atoms with Crippen molar-refractivity contribution in [1.82, 2.24) is 10.3 Å². The summed E-state index contributed by atoms with van der Waals surface area (Å²) >= 11 is 0. The van der Waals surface area contributed by atoms with Crippen molar-refractivity contribution in [3.05, 3.63) is 12.3 Å². The van der Waals surface area contributed by atoms with Gasteiger partial charge in [-0.15, -0.1) is 0 Å². The third-order valence-corrected chi connectivity index (χ3v) is 3.90. The van der Waals surface area contributed by atoms with E-state index in [1.165, 1.54) is 0 Å². The van der Waals surface area contributed by atoms with Crippen molar-refractivity contribution in [2.75, 3.05) is 47.8 Å². The van der Waals surface area contributed by atoms with Crippen LogP contribution in [0.2, 0.25) is 0 Å². The van der Waals surface area contributed by atoms with Crippen LogP contribution in [-0.2, 0) is 0 Å². The molecule has 1 aromatic heterocycles. The van der Waals surface area contributed by atoms with Gasteiger partial charge >= 0.3 is 0 Å². The summed E-state index contributed by atoms with van der Waals surface area (Å²) in [6.07, 6.45) is 1.92. The van der Waals surface area contributed by atoms with Gasteiger partial charge in [-0.05, 0) is 6.07 Å². The van der Waals surface area contributed by atoms with Gasteiger partial charge in [0, 0.05) is 19.6 Å². The van der Waals surface area contributed by atoms with Crippen LogP contribution in [0.4, 0.5) is 26.0 Å². The van der Waals surface area contributed by atoms with Crippen LogP contribution in [-0.4, -0.2) is 49.8 Å². The van der Waals surface area contributed by atoms with Gasteiger partial charge in [-0.3, -0.25) is 0 Å². The predicted molar refractivity (Wildman–Crippen MR) is 69.0 cm³/mol. The SMILES string of the molecule is FC1(F)CN(c2cnc3c(c2)NC2CNCCN32)C1. The molecule has 0 amide bonds. The van der Waals surface area contributed by atoms with Crippen molar-refractivity contribution in [3.8, 4) is 0 Å². The molecule has 1 aromatic rings. The average Bonchev–Trinajstić information content (AvgIpc) is 2.73. The van der Waals surface area contributed by atoms with Crippen molar-refractivity contribution >= 4 is 17.2 Å². The number of anilines is 3. The van der Waals surface area contributed by atoms with Gasteiger partial charge in [0.1, 0.15) is 6.17 Å². The Bertz CT molecular complexity index is 513. The number of hydrogen-bond acceptors (Lipinski definition) is 5. The molecule has 0 radical (unpaired) electrons. The molecule has 102 valence electrons. The maximum absolute atomic E-state index is 12.9. The Kier molecular flexibility index (Phi) is 2.18. The minimum atomic E-state index is -2.55. The fourth-order valence-electron chi connectivity index (χ4n) is 2.92. The molecule has 0 bridgehead atoms. The van der Waals surface area contributed by atoms with E-state index in [1.807, 2.05) is 6.07 Å². The molecule has 4 rings (SSSR count). The molecule has 1 unspecified atom stereocenters. The maximum Gasteiger partial charge on any atom is 0.282 e. The summed E-state index contributed by atoms with van der Waals surface area (Å²) in [6, 6.07) is 1.93. The van der Waals surface area contributed by atoms with Crippen LogP contribution in [0.25, 0.3) is 0 Å². The second-order valence-electron chi connectivity index (χ2n) is 5.33. The molecular weight excluding hydrogens is 252 g/mol. The fourth-order valence-corrected chi connectivity index (χ4v) is 2.92. The summed E-state index contributed by atoms with van der Waals surface area (Å²) in [6.45, 7) is 2.32. The molecule has 2 saturated heterocycles. The molecule has 3 aliphatic heterocycles. The van der Waals surface area contributed by atoms with Gasteiger partial charge in [0.2, 0.25) is 0 Å². The first kappa shape index (κ1) is 11.2. The highest BCUT2D eigenvalue weighted by Crippen LogP contribution is 2.38. The third kappa shape index (κ3) is 1.72. The lowest BCUT2D eigenvalue weighted by atomic mass is 10.1. The van der Waals surface area contributed by atoms with Gasteiger partial charge in [0.15, 0.2) is 5.82 Å². The Labute approximate surface area is 109 Å². The minimum absolute atomic E-state index is 0.206. The van der Waals surface area contributed by atoms with Crippen molar-refractivity contribution in [3.63, 3.8) is 0 Å². The number of nitrogens with zero attached hydrogens (tertiary/aromatic N) is 3. The molecule has 2 fully saturated rings. The standard InChI is InChI=1S/C12H15F2N5/c13-12(14)6-18(7-12)8-3-9-11(16-4-8)19-2-1-15-5-10(19)17-9/h3-4,10,15,17H,1-2,5-7H2. The number of alkyl halides is 2. The van der Waals surface area contributed by atoms with E-state index in [0.29, 0.717) is 0 Å². The van der Waals surface area contributed by atoms with E-state index < -0.39 is 5.92 Å². The Balaban J connectivity index is 1.59. The van der Waals surface area contributed by atoms with Crippen LogP contribution in [0.15, 0.2) is 12.3 Å². The zero-order chi connectivity index (χ0) is 13.0. The number of aromatic nitrogens is 1. The first-order chi connectivity index (χ1) is 9.12. The molecule has 0 aromatic carbocycles. The Hall–Kier alpha value is -1.63. The monoisotopic (exact) mass is 267 g/mol. The van der Waals surface area contributed by atoms with Crippen LogP contribution in [0.1, 0.15) is 0 Å². The lowest BCUT2D eigenvalue weighted by Crippen LogP contribution is -2.56. The van der Waals surface area contributed by atoms with Gasteiger partial charge in [-0.25, -0.2) is 13.8 Å². The van der Waals surface area contributed by atoms with Gasteiger partial charge in [-0.1, -0.05) is 0 Å². The molecule has 0 saturated carbocycles. The number of fused-ring (bicyclic) bond motifs is 3. The highest BCUT2D eigenvalue weighted by Gasteiger charge is 2.44. The predicted octanol–water partition coefficient (Wildman–Crippen LogP) is 0.698. The normalized spacial score (nSPS) is 27.4. The average molecular weight is 267 g/mol. The van der Waals surface area contributed by atoms with E-state index in [2.05, 4.69) is 20.5 Å². The molecule has 0 aliphatic carbocycles. The number of rotatable bonds is 1. The summed E-state index contributed by atoms with van der Waals surface area (Å²) in [4.78, 5) is 8.32. The van der Waals surface area contributed by atoms with E-state index in [4.69, 9.17) is 0 Å². The molecular formula is C12H15F2N5. The zero-order valence-electron chi connectivity index (χ0n) is 10.4. The fraction of sp³-hybridized carbons (Fsp3) is 0.583. The van der Waals surface area contributed by atoms with Gasteiger partial charge in [-0.2, -0.15) is 0 Å². The van der Waals surface area contributed by atoms with E-state index in [9.17, 15) is 8.78 Å². The Morgan fingerprint density at radius 3 is 3.00 bits per heavy atom. The highest BCUT2D eigenvalue weighted by atomic mass is 19.3. The summed E-state index contributed by atoms with van der Waals surface area (Å²) < 4.78 is 25.8. The van der Waals surface area contributed by atoms with Crippen molar-refractivity contribution in [2.24, 2.45) is 0 Å². The summed E-state index contributed by atoms with van der Waals surface area (Å²) in [5.41, 5.74) is 1.71. The molecule has 1 atom stereocenters. The van der Waals surface area contributed by atoms with Gasteiger partial charge in [0.05, 0.1) is 30.7 Å². The minimum Gasteiger partial charge on any atom is -0.361 e. The lowest BCUT2D eigenvalue weighted by Gasteiger charge is -2.40. The number of nitrogens with one attached hydrogen (secondary N) is 2. The van der Waals surface area contributed by atoms with E-state index in [-0.39, 0.29) is 19.3 Å². The van der Waals surface area contributed by atoms with E-state index in [0.717, 1.165) is 36.8 Å². The van der Waals surface area contributed by atoms with Crippen LogP contribution in [0.5, 0.6) is 0 Å². The second-order valence-corrected chi connectivity index (χ2v) is 5.33. The van der Waals surface area contributed by atoms with Crippen molar-refractivity contribution in [2.45, 2.75) is 12.1 Å². The summed E-state index contributed by atoms with van der Waals surface area (Å²) in [7, 11) is 0.